The van der Waals surface area contributed by atoms with E-state index < -0.39 is 0 Å². The Kier molecular flexibility index (Phi) is 7.29. The maximum Gasteiger partial charge on any atom is 0.226 e. The molecule has 132 valence electrons. The zero-order chi connectivity index (χ0) is 18.2. The SMILES string of the molecule is CC(=O)N(CCC(=O)Nc1cccc(Cl)c1)CCc1cccc(Cl)c1. The van der Waals surface area contributed by atoms with Gasteiger partial charge in [0.15, 0.2) is 0 Å². The van der Waals surface area contributed by atoms with Gasteiger partial charge in [-0.1, -0.05) is 41.4 Å². The molecule has 2 aromatic rings. The molecule has 0 aliphatic carbocycles. The third kappa shape index (κ3) is 6.77. The van der Waals surface area contributed by atoms with E-state index in [9.17, 15) is 9.59 Å². The third-order valence-electron chi connectivity index (χ3n) is 3.72. The molecule has 0 unspecified atom stereocenters. The molecule has 0 aromatic heterocycles. The lowest BCUT2D eigenvalue weighted by molar-refractivity contribution is -0.129. The minimum Gasteiger partial charge on any atom is -0.342 e. The highest BCUT2D eigenvalue weighted by atomic mass is 35.5. The van der Waals surface area contributed by atoms with Crippen LogP contribution in [-0.2, 0) is 16.0 Å². The van der Waals surface area contributed by atoms with Crippen molar-refractivity contribution in [2.75, 3.05) is 18.4 Å². The Morgan fingerprint density at radius 3 is 2.32 bits per heavy atom. The maximum absolute atomic E-state index is 12.1. The number of anilines is 1. The van der Waals surface area contributed by atoms with Gasteiger partial charge in [0.2, 0.25) is 11.8 Å². The molecule has 4 nitrogen and oxygen atoms in total. The second-order valence-electron chi connectivity index (χ2n) is 5.69. The molecule has 25 heavy (non-hydrogen) atoms. The molecule has 0 atom stereocenters. The number of rotatable bonds is 7. The summed E-state index contributed by atoms with van der Waals surface area (Å²) in [7, 11) is 0. The zero-order valence-electron chi connectivity index (χ0n) is 14.0. The molecule has 2 rings (SSSR count). The molecule has 0 aliphatic heterocycles. The Bertz CT molecular complexity index is 750. The normalized spacial score (nSPS) is 10.4. The van der Waals surface area contributed by atoms with E-state index in [1.165, 1.54) is 6.92 Å². The molecular formula is C19H20Cl2N2O2. The highest BCUT2D eigenvalue weighted by Gasteiger charge is 2.12. The Morgan fingerprint density at radius 1 is 1.00 bits per heavy atom. The molecule has 0 fully saturated rings. The highest BCUT2D eigenvalue weighted by Crippen LogP contribution is 2.15. The molecule has 0 aliphatic rings. The Morgan fingerprint density at radius 2 is 1.68 bits per heavy atom. The molecule has 6 heteroatoms. The zero-order valence-corrected chi connectivity index (χ0v) is 15.5. The van der Waals surface area contributed by atoms with Gasteiger partial charge in [-0.2, -0.15) is 0 Å². The molecule has 2 amide bonds. The molecule has 0 spiro atoms. The fourth-order valence-corrected chi connectivity index (χ4v) is 2.81. The average Bonchev–Trinajstić information content (AvgIpc) is 2.54. The lowest BCUT2D eigenvalue weighted by Crippen LogP contribution is -2.33. The van der Waals surface area contributed by atoms with Gasteiger partial charge in [0.1, 0.15) is 0 Å². The van der Waals surface area contributed by atoms with Crippen molar-refractivity contribution in [1.29, 1.82) is 0 Å². The van der Waals surface area contributed by atoms with Crippen molar-refractivity contribution in [2.24, 2.45) is 0 Å². The standard InChI is InChI=1S/C19H20Cl2N2O2/c1-14(24)23(10-8-15-4-2-5-16(20)12-15)11-9-19(25)22-18-7-3-6-17(21)13-18/h2-7,12-13H,8-11H2,1H3,(H,22,25). The number of amides is 2. The summed E-state index contributed by atoms with van der Waals surface area (Å²) in [6.45, 7) is 2.41. The maximum atomic E-state index is 12.1. The Balaban J connectivity index is 1.84. The predicted octanol–water partition coefficient (Wildman–Crippen LogP) is 4.41. The molecule has 2 aromatic carbocycles. The number of carbonyl (C=O) groups excluding carboxylic acids is 2. The summed E-state index contributed by atoms with van der Waals surface area (Å²) < 4.78 is 0. The molecule has 0 bridgehead atoms. The van der Waals surface area contributed by atoms with Crippen LogP contribution in [0.25, 0.3) is 0 Å². The number of nitrogens with one attached hydrogen (secondary N) is 1. The average molecular weight is 379 g/mol. The Hall–Kier alpha value is -2.04. The summed E-state index contributed by atoms with van der Waals surface area (Å²) in [5.74, 6) is -0.214. The van der Waals surface area contributed by atoms with E-state index in [1.54, 1.807) is 29.2 Å². The first-order valence-electron chi connectivity index (χ1n) is 7.99. The van der Waals surface area contributed by atoms with E-state index in [2.05, 4.69) is 5.32 Å². The van der Waals surface area contributed by atoms with Gasteiger partial charge >= 0.3 is 0 Å². The van der Waals surface area contributed by atoms with Gasteiger partial charge in [0.05, 0.1) is 0 Å². The van der Waals surface area contributed by atoms with Gasteiger partial charge in [-0.15, -0.1) is 0 Å². The number of nitrogens with zero attached hydrogens (tertiary/aromatic N) is 1. The van der Waals surface area contributed by atoms with Crippen molar-refractivity contribution in [1.82, 2.24) is 4.90 Å². The van der Waals surface area contributed by atoms with Crippen molar-refractivity contribution < 1.29 is 9.59 Å². The van der Waals surface area contributed by atoms with Crippen LogP contribution < -0.4 is 5.32 Å². The van der Waals surface area contributed by atoms with Gasteiger partial charge in [-0.3, -0.25) is 9.59 Å². The molecule has 0 saturated heterocycles. The van der Waals surface area contributed by atoms with Gasteiger partial charge in [-0.25, -0.2) is 0 Å². The van der Waals surface area contributed by atoms with Crippen LogP contribution in [0.3, 0.4) is 0 Å². The van der Waals surface area contributed by atoms with Crippen molar-refractivity contribution in [3.63, 3.8) is 0 Å². The molecule has 0 saturated carbocycles. The van der Waals surface area contributed by atoms with Crippen molar-refractivity contribution in [3.8, 4) is 0 Å². The van der Waals surface area contributed by atoms with E-state index in [1.807, 2.05) is 24.3 Å². The van der Waals surface area contributed by atoms with Crippen LogP contribution in [0.15, 0.2) is 48.5 Å². The fraction of sp³-hybridized carbons (Fsp3) is 0.263. The van der Waals surface area contributed by atoms with Crippen molar-refractivity contribution in [2.45, 2.75) is 19.8 Å². The van der Waals surface area contributed by atoms with Crippen molar-refractivity contribution in [3.05, 3.63) is 64.1 Å². The second-order valence-corrected chi connectivity index (χ2v) is 6.57. The lowest BCUT2D eigenvalue weighted by atomic mass is 10.1. The minimum atomic E-state index is -0.156. The van der Waals surface area contributed by atoms with Gasteiger partial charge < -0.3 is 10.2 Å². The summed E-state index contributed by atoms with van der Waals surface area (Å²) in [6.07, 6.45) is 0.914. The molecular weight excluding hydrogens is 359 g/mol. The minimum absolute atomic E-state index is 0.0578. The van der Waals surface area contributed by atoms with Crippen LogP contribution in [0.4, 0.5) is 5.69 Å². The van der Waals surface area contributed by atoms with Crippen LogP contribution in [0, 0.1) is 0 Å². The quantitative estimate of drug-likeness (QED) is 0.775. The molecule has 0 radical (unpaired) electrons. The van der Waals surface area contributed by atoms with Gasteiger partial charge in [0, 0.05) is 42.2 Å². The summed E-state index contributed by atoms with van der Waals surface area (Å²) >= 11 is 11.9. The fourth-order valence-electron chi connectivity index (χ4n) is 2.41. The van der Waals surface area contributed by atoms with E-state index in [0.717, 1.165) is 5.56 Å². The number of hydrogen-bond donors (Lipinski definition) is 1. The first kappa shape index (κ1) is 19.3. The molecule has 0 heterocycles. The molecule has 1 N–H and O–H groups in total. The van der Waals surface area contributed by atoms with E-state index in [0.29, 0.717) is 35.2 Å². The third-order valence-corrected chi connectivity index (χ3v) is 4.19. The van der Waals surface area contributed by atoms with Crippen LogP contribution in [0.1, 0.15) is 18.9 Å². The van der Waals surface area contributed by atoms with Gasteiger partial charge in [0.25, 0.3) is 0 Å². The summed E-state index contributed by atoms with van der Waals surface area (Å²) in [5, 5.41) is 4.01. The van der Waals surface area contributed by atoms with Crippen LogP contribution in [-0.4, -0.2) is 29.8 Å². The summed E-state index contributed by atoms with van der Waals surface area (Å²) in [5.41, 5.74) is 1.70. The van der Waals surface area contributed by atoms with E-state index in [-0.39, 0.29) is 18.2 Å². The number of benzene rings is 2. The van der Waals surface area contributed by atoms with Crippen LogP contribution in [0.5, 0.6) is 0 Å². The summed E-state index contributed by atoms with van der Waals surface area (Å²) in [4.78, 5) is 25.5. The largest absolute Gasteiger partial charge is 0.342 e. The first-order valence-corrected chi connectivity index (χ1v) is 8.75. The summed E-state index contributed by atoms with van der Waals surface area (Å²) in [6, 6.07) is 14.5. The monoisotopic (exact) mass is 378 g/mol. The van der Waals surface area contributed by atoms with Crippen molar-refractivity contribution >= 4 is 40.7 Å². The lowest BCUT2D eigenvalue weighted by Gasteiger charge is -2.21. The first-order chi connectivity index (χ1) is 11.9. The Labute approximate surface area is 157 Å². The van der Waals surface area contributed by atoms with Crippen LogP contribution >= 0.6 is 23.2 Å². The number of halogens is 2. The predicted molar refractivity (Wildman–Crippen MR) is 102 cm³/mol. The van der Waals surface area contributed by atoms with Crippen LogP contribution in [0.2, 0.25) is 10.0 Å². The number of hydrogen-bond acceptors (Lipinski definition) is 2. The van der Waals surface area contributed by atoms with E-state index in [4.69, 9.17) is 23.2 Å². The number of carbonyl (C=O) groups is 2. The second kappa shape index (κ2) is 9.44. The smallest absolute Gasteiger partial charge is 0.226 e. The van der Waals surface area contributed by atoms with E-state index >= 15 is 0 Å². The highest BCUT2D eigenvalue weighted by molar-refractivity contribution is 6.31. The van der Waals surface area contributed by atoms with Gasteiger partial charge in [-0.05, 0) is 42.3 Å². The topological polar surface area (TPSA) is 49.4 Å².